The molecule has 2 heterocycles. The molecule has 0 saturated heterocycles. The number of hydrogen-bond donors (Lipinski definition) is 2. The fraction of sp³-hybridized carbons (Fsp3) is 0. The highest BCUT2D eigenvalue weighted by Crippen LogP contribution is 1.91. The summed E-state index contributed by atoms with van der Waals surface area (Å²) in [6.07, 6.45) is 5.62. The lowest BCUT2D eigenvalue weighted by Crippen LogP contribution is -2.47. The van der Waals surface area contributed by atoms with Gasteiger partial charge in [-0.2, -0.15) is 0 Å². The molecule has 2 aromatic heterocycles. The van der Waals surface area contributed by atoms with Crippen molar-refractivity contribution in [2.24, 2.45) is 5.73 Å². The van der Waals surface area contributed by atoms with Gasteiger partial charge in [0, 0.05) is 0 Å². The lowest BCUT2D eigenvalue weighted by atomic mass is 11.0. The van der Waals surface area contributed by atoms with Crippen LogP contribution in [0.2, 0.25) is 0 Å². The largest absolute Gasteiger partial charge is 0.367 e. The fourth-order valence-electron chi connectivity index (χ4n) is 0.954. The van der Waals surface area contributed by atoms with Gasteiger partial charge >= 0.3 is 0 Å². The van der Waals surface area contributed by atoms with E-state index >= 15 is 0 Å². The fourth-order valence-corrected chi connectivity index (χ4v) is 0.954. The molecule has 0 amide bonds. The molecule has 0 fully saturated rings. The van der Waals surface area contributed by atoms with Crippen LogP contribution in [0.4, 0.5) is 0 Å². The van der Waals surface area contributed by atoms with E-state index in [1.165, 1.54) is 39.8 Å². The molecule has 9 heteroatoms. The highest BCUT2D eigenvalue weighted by Gasteiger charge is 2.10. The van der Waals surface area contributed by atoms with Gasteiger partial charge in [-0.05, 0) is 0 Å². The van der Waals surface area contributed by atoms with E-state index in [4.69, 9.17) is 11.1 Å². The van der Waals surface area contributed by atoms with E-state index in [1.54, 1.807) is 0 Å². The van der Waals surface area contributed by atoms with Crippen LogP contribution >= 0.6 is 0 Å². The number of hydrogen-bond acceptors (Lipinski definition) is 5. The zero-order chi connectivity index (χ0) is 9.97. The van der Waals surface area contributed by atoms with Crippen LogP contribution in [0.15, 0.2) is 25.3 Å². The van der Waals surface area contributed by atoms with E-state index in [0.717, 1.165) is 0 Å². The second-order valence-electron chi connectivity index (χ2n) is 2.36. The van der Waals surface area contributed by atoms with E-state index in [2.05, 4.69) is 20.4 Å². The Morgan fingerprint density at radius 1 is 1.00 bits per heavy atom. The number of nitrogens with two attached hydrogens (primary N) is 1. The first kappa shape index (κ1) is 8.16. The molecule has 0 bridgehead atoms. The number of aromatic nitrogens is 6. The first-order chi connectivity index (χ1) is 6.79. The van der Waals surface area contributed by atoms with Crippen molar-refractivity contribution < 1.29 is 0 Å². The van der Waals surface area contributed by atoms with Gasteiger partial charge in [-0.15, -0.1) is 25.5 Å². The smallest absolute Gasteiger partial charge is 0.229 e. The van der Waals surface area contributed by atoms with Crippen LogP contribution in [0.3, 0.4) is 0 Å². The molecule has 0 aliphatic carbocycles. The Kier molecular flexibility index (Phi) is 1.82. The Morgan fingerprint density at radius 2 is 1.36 bits per heavy atom. The summed E-state index contributed by atoms with van der Waals surface area (Å²) in [4.78, 5) is 0. The van der Waals surface area contributed by atoms with Gasteiger partial charge in [0.1, 0.15) is 25.3 Å². The summed E-state index contributed by atoms with van der Waals surface area (Å²) in [5.41, 5.74) is 5.38. The lowest BCUT2D eigenvalue weighted by molar-refractivity contribution is 0.613. The van der Waals surface area contributed by atoms with Crippen molar-refractivity contribution in [3.8, 4) is 0 Å². The molecular formula is C5H7N9. The van der Waals surface area contributed by atoms with Gasteiger partial charge in [0.05, 0.1) is 0 Å². The van der Waals surface area contributed by atoms with Crippen LogP contribution in [0, 0.1) is 5.41 Å². The molecular weight excluding hydrogens is 186 g/mol. The molecule has 0 radical (unpaired) electrons. The number of guanidine groups is 1. The Bertz CT molecular complexity index is 366. The summed E-state index contributed by atoms with van der Waals surface area (Å²) in [5, 5.41) is 23.0. The quantitative estimate of drug-likeness (QED) is 0.428. The highest BCUT2D eigenvalue weighted by molar-refractivity contribution is 5.84. The molecule has 0 aliphatic rings. The second kappa shape index (κ2) is 3.12. The molecule has 0 aliphatic heterocycles. The molecule has 0 unspecified atom stereocenters. The van der Waals surface area contributed by atoms with Gasteiger partial charge in [-0.1, -0.05) is 0 Å². The Hall–Kier alpha value is -2.45. The maximum Gasteiger partial charge on any atom is 0.229 e. The highest BCUT2D eigenvalue weighted by atomic mass is 15.8. The lowest BCUT2D eigenvalue weighted by Gasteiger charge is -2.21. The Morgan fingerprint density at radius 3 is 1.64 bits per heavy atom. The zero-order valence-corrected chi connectivity index (χ0v) is 7.02. The van der Waals surface area contributed by atoms with Crippen molar-refractivity contribution in [2.75, 3.05) is 5.12 Å². The van der Waals surface area contributed by atoms with Crippen LogP contribution in [0.1, 0.15) is 0 Å². The average molecular weight is 193 g/mol. The third-order valence-corrected chi connectivity index (χ3v) is 1.47. The van der Waals surface area contributed by atoms with Crippen molar-refractivity contribution in [3.63, 3.8) is 0 Å². The summed E-state index contributed by atoms with van der Waals surface area (Å²) in [6, 6.07) is 0. The molecule has 0 saturated carbocycles. The summed E-state index contributed by atoms with van der Waals surface area (Å²) >= 11 is 0. The van der Waals surface area contributed by atoms with Crippen molar-refractivity contribution in [1.29, 1.82) is 5.41 Å². The Labute approximate surface area is 78.2 Å². The van der Waals surface area contributed by atoms with Gasteiger partial charge in [-0.25, -0.2) is 9.35 Å². The van der Waals surface area contributed by atoms with E-state index in [-0.39, 0.29) is 5.96 Å². The molecule has 14 heavy (non-hydrogen) atoms. The van der Waals surface area contributed by atoms with Gasteiger partial charge in [0.25, 0.3) is 0 Å². The standard InChI is InChI=1S/C5H7N9/c6-5(7)14(12-1-8-9-2-12)13-3-10-11-4-13/h1-4H,(H3,6,7). The summed E-state index contributed by atoms with van der Waals surface area (Å²) in [5.74, 6) is -0.204. The predicted octanol–water partition coefficient (Wildman–Crippen LogP) is -1.84. The minimum absolute atomic E-state index is 0.204. The monoisotopic (exact) mass is 193 g/mol. The first-order valence-corrected chi connectivity index (χ1v) is 3.63. The van der Waals surface area contributed by atoms with Gasteiger partial charge in [0.2, 0.25) is 5.96 Å². The molecule has 2 aromatic rings. The van der Waals surface area contributed by atoms with Crippen LogP contribution in [-0.4, -0.2) is 35.7 Å². The van der Waals surface area contributed by atoms with Crippen LogP contribution in [0.5, 0.6) is 0 Å². The molecule has 3 N–H and O–H groups in total. The van der Waals surface area contributed by atoms with Crippen LogP contribution < -0.4 is 10.9 Å². The average Bonchev–Trinajstić information content (AvgIpc) is 2.75. The molecule has 9 nitrogen and oxygen atoms in total. The maximum absolute atomic E-state index is 7.36. The summed E-state index contributed by atoms with van der Waals surface area (Å²) < 4.78 is 2.84. The third kappa shape index (κ3) is 1.26. The van der Waals surface area contributed by atoms with Crippen molar-refractivity contribution in [2.45, 2.75) is 0 Å². The van der Waals surface area contributed by atoms with E-state index < -0.39 is 0 Å². The number of nitrogens with zero attached hydrogens (tertiary/aromatic N) is 7. The number of nitrogens with one attached hydrogen (secondary N) is 1. The Balaban J connectivity index is 2.40. The van der Waals surface area contributed by atoms with E-state index in [1.807, 2.05) is 0 Å². The predicted molar refractivity (Wildman–Crippen MR) is 45.6 cm³/mol. The first-order valence-electron chi connectivity index (χ1n) is 3.63. The third-order valence-electron chi connectivity index (χ3n) is 1.47. The summed E-state index contributed by atoms with van der Waals surface area (Å²) in [6.45, 7) is 0. The minimum atomic E-state index is -0.204. The zero-order valence-electron chi connectivity index (χ0n) is 7.02. The minimum Gasteiger partial charge on any atom is -0.367 e. The van der Waals surface area contributed by atoms with Gasteiger partial charge in [-0.3, -0.25) is 5.41 Å². The molecule has 0 spiro atoms. The molecule has 0 atom stereocenters. The molecule has 2 rings (SSSR count). The molecule has 72 valence electrons. The normalized spacial score (nSPS) is 10.0. The van der Waals surface area contributed by atoms with Crippen LogP contribution in [-0.2, 0) is 0 Å². The number of rotatable bonds is 2. The van der Waals surface area contributed by atoms with Crippen molar-refractivity contribution in [1.82, 2.24) is 29.7 Å². The van der Waals surface area contributed by atoms with Crippen molar-refractivity contribution in [3.05, 3.63) is 25.3 Å². The van der Waals surface area contributed by atoms with Crippen molar-refractivity contribution >= 4 is 5.96 Å². The molecule has 0 aromatic carbocycles. The second-order valence-corrected chi connectivity index (χ2v) is 2.36. The van der Waals surface area contributed by atoms with Gasteiger partial charge < -0.3 is 5.73 Å². The SMILES string of the molecule is N=C(N)N(n1cnnc1)n1cnnc1. The topological polar surface area (TPSA) is 115 Å². The van der Waals surface area contributed by atoms with E-state index in [9.17, 15) is 0 Å². The summed E-state index contributed by atoms with van der Waals surface area (Å²) in [7, 11) is 0. The van der Waals surface area contributed by atoms with E-state index in [0.29, 0.717) is 0 Å². The van der Waals surface area contributed by atoms with Gasteiger partial charge in [0.15, 0.2) is 0 Å². The van der Waals surface area contributed by atoms with Crippen LogP contribution in [0.25, 0.3) is 0 Å². The maximum atomic E-state index is 7.36.